The lowest BCUT2D eigenvalue weighted by molar-refractivity contribution is -0.0371. The predicted molar refractivity (Wildman–Crippen MR) is 43.3 cm³/mol. The van der Waals surface area contributed by atoms with Gasteiger partial charge in [-0.3, -0.25) is 0 Å². The number of nitrogens with two attached hydrogens (primary N) is 1. The predicted octanol–water partition coefficient (Wildman–Crippen LogP) is 0.265. The molecule has 0 radical (unpaired) electrons. The molecule has 1 rings (SSSR count). The van der Waals surface area contributed by atoms with Crippen LogP contribution in [0.25, 0.3) is 0 Å². The van der Waals surface area contributed by atoms with Crippen LogP contribution in [-0.2, 0) is 4.74 Å². The Morgan fingerprint density at radius 3 is 2.45 bits per heavy atom. The summed E-state index contributed by atoms with van der Waals surface area (Å²) in [5.41, 5.74) is 4.83. The minimum atomic E-state index is -0.602. The van der Waals surface area contributed by atoms with E-state index in [0.29, 0.717) is 12.6 Å². The van der Waals surface area contributed by atoms with Gasteiger partial charge in [-0.15, -0.1) is 0 Å². The van der Waals surface area contributed by atoms with Crippen LogP contribution in [0.3, 0.4) is 0 Å². The van der Waals surface area contributed by atoms with Gasteiger partial charge in [-0.25, -0.2) is 0 Å². The van der Waals surface area contributed by atoms with Crippen molar-refractivity contribution in [2.24, 2.45) is 5.73 Å². The molecule has 0 aromatic heterocycles. The van der Waals surface area contributed by atoms with Gasteiger partial charge >= 0.3 is 0 Å². The maximum atomic E-state index is 9.71. The van der Waals surface area contributed by atoms with Gasteiger partial charge in [0.15, 0.2) is 0 Å². The summed E-state index contributed by atoms with van der Waals surface area (Å²) in [5, 5.41) is 9.71. The van der Waals surface area contributed by atoms with Gasteiger partial charge in [0, 0.05) is 13.7 Å². The molecular formula is C8H17NO2. The highest BCUT2D eigenvalue weighted by Crippen LogP contribution is 2.28. The Morgan fingerprint density at radius 2 is 2.09 bits per heavy atom. The van der Waals surface area contributed by atoms with E-state index in [2.05, 4.69) is 0 Å². The maximum Gasteiger partial charge on any atom is 0.0771 e. The average molecular weight is 159 g/mol. The third-order valence-corrected chi connectivity index (χ3v) is 2.58. The van der Waals surface area contributed by atoms with E-state index in [1.807, 2.05) is 0 Å². The van der Waals surface area contributed by atoms with Gasteiger partial charge in [-0.1, -0.05) is 0 Å². The van der Waals surface area contributed by atoms with E-state index in [4.69, 9.17) is 10.5 Å². The van der Waals surface area contributed by atoms with Gasteiger partial charge in [0.1, 0.15) is 0 Å². The van der Waals surface area contributed by atoms with E-state index in [0.717, 1.165) is 25.7 Å². The summed E-state index contributed by atoms with van der Waals surface area (Å²) in [4.78, 5) is 0. The van der Waals surface area contributed by atoms with E-state index < -0.39 is 5.60 Å². The fourth-order valence-corrected chi connectivity index (χ4v) is 1.57. The first-order valence-electron chi connectivity index (χ1n) is 4.15. The average Bonchev–Trinajstić information content (AvgIpc) is 2.06. The van der Waals surface area contributed by atoms with Crippen molar-refractivity contribution in [2.45, 2.75) is 37.4 Å². The SMILES string of the molecule is COC1CCC(O)(CN)CC1. The molecular weight excluding hydrogens is 142 g/mol. The first kappa shape index (κ1) is 8.97. The molecule has 0 aromatic rings. The maximum absolute atomic E-state index is 9.71. The molecule has 0 amide bonds. The molecule has 0 saturated heterocycles. The summed E-state index contributed by atoms with van der Waals surface area (Å²) in [6.45, 7) is 0.378. The van der Waals surface area contributed by atoms with Crippen molar-refractivity contribution in [1.82, 2.24) is 0 Å². The summed E-state index contributed by atoms with van der Waals surface area (Å²) >= 11 is 0. The molecule has 3 nitrogen and oxygen atoms in total. The van der Waals surface area contributed by atoms with Crippen molar-refractivity contribution in [1.29, 1.82) is 0 Å². The lowest BCUT2D eigenvalue weighted by Crippen LogP contribution is -2.42. The zero-order valence-electron chi connectivity index (χ0n) is 7.05. The van der Waals surface area contributed by atoms with Crippen molar-refractivity contribution in [3.05, 3.63) is 0 Å². The molecule has 1 aliphatic rings. The molecule has 0 atom stereocenters. The molecule has 1 saturated carbocycles. The normalized spacial score (nSPS) is 39.0. The third kappa shape index (κ3) is 2.15. The molecule has 0 aliphatic heterocycles. The van der Waals surface area contributed by atoms with Crippen LogP contribution in [-0.4, -0.2) is 30.5 Å². The van der Waals surface area contributed by atoms with Crippen molar-refractivity contribution in [3.8, 4) is 0 Å². The fraction of sp³-hybridized carbons (Fsp3) is 1.00. The summed E-state index contributed by atoms with van der Waals surface area (Å²) in [6.07, 6.45) is 3.76. The quantitative estimate of drug-likeness (QED) is 0.608. The zero-order chi connectivity index (χ0) is 8.32. The largest absolute Gasteiger partial charge is 0.389 e. The summed E-state index contributed by atoms with van der Waals surface area (Å²) in [7, 11) is 1.72. The zero-order valence-corrected chi connectivity index (χ0v) is 7.05. The summed E-state index contributed by atoms with van der Waals surface area (Å²) in [6, 6.07) is 0. The molecule has 0 aromatic carbocycles. The van der Waals surface area contributed by atoms with Gasteiger partial charge in [0.2, 0.25) is 0 Å². The van der Waals surface area contributed by atoms with E-state index in [1.54, 1.807) is 7.11 Å². The number of methoxy groups -OCH3 is 1. The lowest BCUT2D eigenvalue weighted by atomic mass is 9.83. The highest BCUT2D eigenvalue weighted by Gasteiger charge is 2.31. The monoisotopic (exact) mass is 159 g/mol. The van der Waals surface area contributed by atoms with Crippen LogP contribution in [0.2, 0.25) is 0 Å². The molecule has 11 heavy (non-hydrogen) atoms. The Kier molecular flexibility index (Phi) is 2.87. The van der Waals surface area contributed by atoms with Crippen molar-refractivity contribution < 1.29 is 9.84 Å². The fourth-order valence-electron chi connectivity index (χ4n) is 1.57. The highest BCUT2D eigenvalue weighted by atomic mass is 16.5. The highest BCUT2D eigenvalue weighted by molar-refractivity contribution is 4.86. The van der Waals surface area contributed by atoms with Crippen molar-refractivity contribution >= 4 is 0 Å². The van der Waals surface area contributed by atoms with E-state index in [9.17, 15) is 5.11 Å². The van der Waals surface area contributed by atoms with E-state index in [1.165, 1.54) is 0 Å². The number of aliphatic hydroxyl groups is 1. The van der Waals surface area contributed by atoms with Crippen LogP contribution in [0.1, 0.15) is 25.7 Å². The number of rotatable bonds is 2. The van der Waals surface area contributed by atoms with Gasteiger partial charge < -0.3 is 15.6 Å². The van der Waals surface area contributed by atoms with Gasteiger partial charge in [0.25, 0.3) is 0 Å². The van der Waals surface area contributed by atoms with Crippen LogP contribution in [0.15, 0.2) is 0 Å². The van der Waals surface area contributed by atoms with E-state index in [-0.39, 0.29) is 0 Å². The third-order valence-electron chi connectivity index (χ3n) is 2.58. The molecule has 66 valence electrons. The topological polar surface area (TPSA) is 55.5 Å². The number of hydrogen-bond acceptors (Lipinski definition) is 3. The first-order valence-corrected chi connectivity index (χ1v) is 4.15. The van der Waals surface area contributed by atoms with Gasteiger partial charge in [-0.05, 0) is 25.7 Å². The van der Waals surface area contributed by atoms with Gasteiger partial charge in [-0.2, -0.15) is 0 Å². The summed E-state index contributed by atoms with van der Waals surface area (Å²) in [5.74, 6) is 0. The minimum Gasteiger partial charge on any atom is -0.389 e. The number of ether oxygens (including phenoxy) is 1. The Morgan fingerprint density at radius 1 is 1.55 bits per heavy atom. The molecule has 3 heteroatoms. The van der Waals surface area contributed by atoms with Crippen LogP contribution in [0.5, 0.6) is 0 Å². The first-order chi connectivity index (χ1) is 5.20. The Hall–Kier alpha value is -0.120. The second kappa shape index (κ2) is 3.52. The molecule has 0 unspecified atom stereocenters. The molecule has 3 N–H and O–H groups in total. The van der Waals surface area contributed by atoms with Crippen molar-refractivity contribution in [2.75, 3.05) is 13.7 Å². The molecule has 0 bridgehead atoms. The lowest BCUT2D eigenvalue weighted by Gasteiger charge is -2.34. The van der Waals surface area contributed by atoms with Crippen LogP contribution in [0, 0.1) is 0 Å². The van der Waals surface area contributed by atoms with Crippen LogP contribution in [0.4, 0.5) is 0 Å². The molecule has 0 spiro atoms. The van der Waals surface area contributed by atoms with Gasteiger partial charge in [0.05, 0.1) is 11.7 Å². The second-order valence-corrected chi connectivity index (χ2v) is 3.36. The Bertz CT molecular complexity index is 119. The minimum absolute atomic E-state index is 0.335. The molecule has 1 fully saturated rings. The second-order valence-electron chi connectivity index (χ2n) is 3.36. The smallest absolute Gasteiger partial charge is 0.0771 e. The van der Waals surface area contributed by atoms with E-state index >= 15 is 0 Å². The molecule has 1 aliphatic carbocycles. The Labute approximate surface area is 67.5 Å². The summed E-state index contributed by atoms with van der Waals surface area (Å²) < 4.78 is 5.18. The Balaban J connectivity index is 2.35. The number of hydrogen-bond donors (Lipinski definition) is 2. The standard InChI is InChI=1S/C8H17NO2/c1-11-7-2-4-8(10,6-9)5-3-7/h7,10H,2-6,9H2,1H3. The molecule has 0 heterocycles. The van der Waals surface area contributed by atoms with Crippen LogP contribution >= 0.6 is 0 Å². The van der Waals surface area contributed by atoms with Crippen molar-refractivity contribution in [3.63, 3.8) is 0 Å². The van der Waals surface area contributed by atoms with Crippen LogP contribution < -0.4 is 5.73 Å².